The summed E-state index contributed by atoms with van der Waals surface area (Å²) in [4.78, 5) is 10.5. The monoisotopic (exact) mass is 293 g/mol. The molecule has 22 heavy (non-hydrogen) atoms. The van der Waals surface area contributed by atoms with E-state index in [1.807, 2.05) is 37.5 Å². The van der Waals surface area contributed by atoms with Crippen molar-refractivity contribution in [3.05, 3.63) is 70.8 Å². The first-order valence-electron chi connectivity index (χ1n) is 7.03. The van der Waals surface area contributed by atoms with E-state index >= 15 is 0 Å². The Balaban J connectivity index is 1.99. The van der Waals surface area contributed by atoms with Gasteiger partial charge in [0.25, 0.3) is 0 Å². The van der Waals surface area contributed by atoms with Gasteiger partial charge in [-0.1, -0.05) is 24.0 Å². The van der Waals surface area contributed by atoms with E-state index in [0.717, 1.165) is 16.7 Å². The topological polar surface area (TPSA) is 46.5 Å². The molecule has 2 aromatic rings. The molecule has 0 fully saturated rings. The first-order chi connectivity index (χ1) is 10.7. The molecular formula is C19H17O3. The maximum Gasteiger partial charge on any atom is 0.233 e. The lowest BCUT2D eigenvalue weighted by Crippen LogP contribution is -2.12. The van der Waals surface area contributed by atoms with E-state index in [4.69, 9.17) is 9.84 Å². The molecular weight excluding hydrogens is 276 g/mol. The van der Waals surface area contributed by atoms with Crippen LogP contribution in [0.25, 0.3) is 0 Å². The molecule has 0 spiro atoms. The standard InChI is InChI=1S/C19H17O3/c1-15(12-20)22-14-19-10-6-17(7-11-19)3-2-16-4-8-18(13-21)9-5-16/h4-11,15,20H,12,14H2,1H3/t15-/m1/s1. The molecule has 0 aromatic heterocycles. The highest BCUT2D eigenvalue weighted by molar-refractivity contribution is 5.75. The van der Waals surface area contributed by atoms with Gasteiger partial charge in [-0.2, -0.15) is 0 Å². The normalized spacial score (nSPS) is 11.4. The third kappa shape index (κ3) is 4.85. The molecule has 0 aliphatic rings. The predicted octanol–water partition coefficient (Wildman–Crippen LogP) is 2.44. The lowest BCUT2D eigenvalue weighted by Gasteiger charge is -2.09. The number of aliphatic hydroxyl groups excluding tert-OH is 1. The van der Waals surface area contributed by atoms with Gasteiger partial charge in [0.05, 0.1) is 19.3 Å². The Morgan fingerprint density at radius 2 is 1.45 bits per heavy atom. The van der Waals surface area contributed by atoms with Gasteiger partial charge >= 0.3 is 0 Å². The Labute approximate surface area is 130 Å². The van der Waals surface area contributed by atoms with E-state index in [1.54, 1.807) is 24.3 Å². The van der Waals surface area contributed by atoms with Crippen molar-refractivity contribution in [2.45, 2.75) is 19.6 Å². The van der Waals surface area contributed by atoms with E-state index in [9.17, 15) is 4.79 Å². The van der Waals surface area contributed by atoms with Gasteiger partial charge in [-0.25, -0.2) is 0 Å². The number of benzene rings is 2. The summed E-state index contributed by atoms with van der Waals surface area (Å²) in [5, 5.41) is 8.90. The second kappa shape index (κ2) is 8.14. The highest BCUT2D eigenvalue weighted by Gasteiger charge is 2.00. The number of ether oxygens (including phenoxy) is 1. The Kier molecular flexibility index (Phi) is 5.91. The molecule has 111 valence electrons. The van der Waals surface area contributed by atoms with Gasteiger partial charge in [0.1, 0.15) is 0 Å². The van der Waals surface area contributed by atoms with Crippen LogP contribution in [0.5, 0.6) is 0 Å². The number of carbonyl (C=O) groups excluding carboxylic acids is 1. The van der Waals surface area contributed by atoms with Crippen molar-refractivity contribution in [3.63, 3.8) is 0 Å². The van der Waals surface area contributed by atoms with Crippen LogP contribution in [0.4, 0.5) is 0 Å². The third-order valence-electron chi connectivity index (χ3n) is 3.10. The molecule has 1 N–H and O–H groups in total. The van der Waals surface area contributed by atoms with Crippen LogP contribution in [-0.2, 0) is 16.1 Å². The molecule has 0 saturated heterocycles. The molecule has 0 heterocycles. The van der Waals surface area contributed by atoms with Gasteiger partial charge in [0.2, 0.25) is 6.29 Å². The largest absolute Gasteiger partial charge is 0.394 e. The second-order valence-corrected chi connectivity index (χ2v) is 4.93. The molecule has 0 unspecified atom stereocenters. The smallest absolute Gasteiger partial charge is 0.233 e. The average molecular weight is 293 g/mol. The minimum Gasteiger partial charge on any atom is -0.394 e. The SMILES string of the molecule is C[C@H](CO)OCc1ccc(C#Cc2ccc([C]=O)cc2)cc1. The van der Waals surface area contributed by atoms with Gasteiger partial charge in [0.15, 0.2) is 0 Å². The summed E-state index contributed by atoms with van der Waals surface area (Å²) >= 11 is 0. The van der Waals surface area contributed by atoms with E-state index in [1.165, 1.54) is 0 Å². The van der Waals surface area contributed by atoms with Gasteiger partial charge in [0, 0.05) is 16.7 Å². The van der Waals surface area contributed by atoms with Crippen molar-refractivity contribution < 1.29 is 14.6 Å². The van der Waals surface area contributed by atoms with Crippen LogP contribution in [0.3, 0.4) is 0 Å². The Bertz CT molecular complexity index is 661. The van der Waals surface area contributed by atoms with Crippen molar-refractivity contribution in [1.29, 1.82) is 0 Å². The van der Waals surface area contributed by atoms with Crippen molar-refractivity contribution in [2.75, 3.05) is 6.61 Å². The van der Waals surface area contributed by atoms with Gasteiger partial charge < -0.3 is 9.84 Å². The van der Waals surface area contributed by atoms with Gasteiger partial charge in [-0.05, 0) is 48.9 Å². The summed E-state index contributed by atoms with van der Waals surface area (Å²) in [7, 11) is 0. The van der Waals surface area contributed by atoms with Crippen LogP contribution < -0.4 is 0 Å². The molecule has 1 atom stereocenters. The van der Waals surface area contributed by atoms with Gasteiger partial charge in [-0.3, -0.25) is 4.79 Å². The van der Waals surface area contributed by atoms with Crippen molar-refractivity contribution in [3.8, 4) is 11.8 Å². The van der Waals surface area contributed by atoms with Crippen LogP contribution in [0.2, 0.25) is 0 Å². The van der Waals surface area contributed by atoms with Crippen LogP contribution in [0.15, 0.2) is 48.5 Å². The van der Waals surface area contributed by atoms with Crippen LogP contribution in [-0.4, -0.2) is 24.1 Å². The second-order valence-electron chi connectivity index (χ2n) is 4.93. The fourth-order valence-corrected chi connectivity index (χ4v) is 1.74. The zero-order chi connectivity index (χ0) is 15.8. The van der Waals surface area contributed by atoms with Crippen LogP contribution in [0.1, 0.15) is 29.2 Å². The maximum atomic E-state index is 10.5. The quantitative estimate of drug-likeness (QED) is 0.861. The number of aliphatic hydroxyl groups is 1. The molecule has 0 aliphatic carbocycles. The van der Waals surface area contributed by atoms with E-state index < -0.39 is 0 Å². The molecule has 0 amide bonds. The number of hydrogen-bond acceptors (Lipinski definition) is 3. The summed E-state index contributed by atoms with van der Waals surface area (Å²) < 4.78 is 5.45. The minimum absolute atomic E-state index is 0.0181. The maximum absolute atomic E-state index is 10.5. The third-order valence-corrected chi connectivity index (χ3v) is 3.10. The fraction of sp³-hybridized carbons (Fsp3) is 0.211. The molecule has 2 aromatic carbocycles. The summed E-state index contributed by atoms with van der Waals surface area (Å²) in [6.07, 6.45) is 1.67. The van der Waals surface area contributed by atoms with Crippen molar-refractivity contribution in [2.24, 2.45) is 0 Å². The number of hydrogen-bond donors (Lipinski definition) is 1. The zero-order valence-electron chi connectivity index (χ0n) is 12.4. The molecule has 3 heteroatoms. The Hall–Kier alpha value is -2.41. The first-order valence-corrected chi connectivity index (χ1v) is 7.03. The van der Waals surface area contributed by atoms with Gasteiger partial charge in [-0.15, -0.1) is 0 Å². The molecule has 0 aliphatic heterocycles. The van der Waals surface area contributed by atoms with Crippen LogP contribution >= 0.6 is 0 Å². The highest BCUT2D eigenvalue weighted by atomic mass is 16.5. The minimum atomic E-state index is -0.161. The predicted molar refractivity (Wildman–Crippen MR) is 85.0 cm³/mol. The average Bonchev–Trinajstić information content (AvgIpc) is 2.59. The zero-order valence-corrected chi connectivity index (χ0v) is 12.4. The van der Waals surface area contributed by atoms with Crippen molar-refractivity contribution >= 4 is 6.29 Å². The molecule has 1 radical (unpaired) electrons. The summed E-state index contributed by atoms with van der Waals surface area (Å²) in [5.41, 5.74) is 3.32. The Morgan fingerprint density at radius 1 is 0.955 bits per heavy atom. The highest BCUT2D eigenvalue weighted by Crippen LogP contribution is 2.07. The van der Waals surface area contributed by atoms with Crippen molar-refractivity contribution in [1.82, 2.24) is 0 Å². The summed E-state index contributed by atoms with van der Waals surface area (Å²) in [5.74, 6) is 6.12. The fourth-order valence-electron chi connectivity index (χ4n) is 1.74. The summed E-state index contributed by atoms with van der Waals surface area (Å²) in [6.45, 7) is 2.32. The van der Waals surface area contributed by atoms with E-state index in [2.05, 4.69) is 11.8 Å². The molecule has 2 rings (SSSR count). The molecule has 3 nitrogen and oxygen atoms in total. The number of rotatable bonds is 5. The Morgan fingerprint density at radius 3 is 1.95 bits per heavy atom. The van der Waals surface area contributed by atoms with E-state index in [0.29, 0.717) is 12.2 Å². The van der Waals surface area contributed by atoms with E-state index in [-0.39, 0.29) is 12.7 Å². The van der Waals surface area contributed by atoms with Crippen LogP contribution in [0, 0.1) is 11.8 Å². The lowest BCUT2D eigenvalue weighted by molar-refractivity contribution is 0.0145. The first kappa shape index (κ1) is 16.0. The lowest BCUT2D eigenvalue weighted by atomic mass is 10.1. The summed E-state index contributed by atoms with van der Waals surface area (Å²) in [6, 6.07) is 14.8. The molecule has 0 saturated carbocycles. The molecule has 0 bridgehead atoms.